The van der Waals surface area contributed by atoms with Gasteiger partial charge in [-0.3, -0.25) is 9.98 Å². The van der Waals surface area contributed by atoms with Crippen LogP contribution in [0.2, 0.25) is 0 Å². The molecule has 184 valence electrons. The van der Waals surface area contributed by atoms with Gasteiger partial charge in [0, 0.05) is 52.2 Å². The van der Waals surface area contributed by atoms with Crippen LogP contribution in [0.15, 0.2) is 46.4 Å². The molecule has 2 rings (SSSR count). The molecule has 6 nitrogen and oxygen atoms in total. The molecule has 0 saturated carbocycles. The molecule has 0 heterocycles. The van der Waals surface area contributed by atoms with E-state index in [4.69, 9.17) is 9.47 Å². The van der Waals surface area contributed by atoms with Crippen molar-refractivity contribution in [2.45, 2.75) is 40.5 Å². The summed E-state index contributed by atoms with van der Waals surface area (Å²) in [7, 11) is 0. The number of hydrogen-bond acceptors (Lipinski definition) is 6. The third-order valence-corrected chi connectivity index (χ3v) is 5.29. The fraction of sp³-hybridized carbons (Fsp3) is 0.462. The Morgan fingerprint density at radius 1 is 0.758 bits per heavy atom. The van der Waals surface area contributed by atoms with Gasteiger partial charge in [-0.05, 0) is 36.1 Å². The Balaban J connectivity index is 0.00000544. The first-order valence-corrected chi connectivity index (χ1v) is 11.3. The van der Waals surface area contributed by atoms with Crippen LogP contribution in [-0.2, 0) is 16.5 Å². The van der Waals surface area contributed by atoms with Crippen LogP contribution in [0.25, 0.3) is 0 Å². The summed E-state index contributed by atoms with van der Waals surface area (Å²) in [6.45, 7) is 10.7. The maximum atomic E-state index is 10.2. The van der Waals surface area contributed by atoms with E-state index >= 15 is 0 Å². The molecule has 0 aromatic heterocycles. The van der Waals surface area contributed by atoms with Crippen molar-refractivity contribution in [2.75, 3.05) is 26.3 Å². The van der Waals surface area contributed by atoms with Crippen molar-refractivity contribution in [2.24, 2.45) is 21.8 Å². The smallest absolute Gasteiger partial charge is 0.128 e. The SMILES string of the molecule is CCC(C)COc1ccc(C=NCCN=Cc2ccc(OCC(C)CC)cc2O)c(O)c1.[Ni]. The van der Waals surface area contributed by atoms with Crippen molar-refractivity contribution < 1.29 is 36.2 Å². The van der Waals surface area contributed by atoms with Gasteiger partial charge in [-0.25, -0.2) is 0 Å². The number of ether oxygens (including phenoxy) is 2. The summed E-state index contributed by atoms with van der Waals surface area (Å²) in [5, 5.41) is 20.3. The molecular weight excluding hydrogens is 463 g/mol. The fourth-order valence-corrected chi connectivity index (χ4v) is 2.60. The molecule has 0 saturated heterocycles. The maximum Gasteiger partial charge on any atom is 0.128 e. The number of phenolic OH excluding ortho intramolecular Hbond substituents is 2. The molecule has 0 aliphatic heterocycles. The van der Waals surface area contributed by atoms with Gasteiger partial charge in [0.05, 0.1) is 26.3 Å². The van der Waals surface area contributed by atoms with Crippen molar-refractivity contribution in [3.05, 3.63) is 47.5 Å². The first-order valence-electron chi connectivity index (χ1n) is 11.3. The average Bonchev–Trinajstić information content (AvgIpc) is 2.80. The Hall–Kier alpha value is -2.53. The molecule has 2 unspecified atom stereocenters. The minimum absolute atomic E-state index is 0. The summed E-state index contributed by atoms with van der Waals surface area (Å²) >= 11 is 0. The van der Waals surface area contributed by atoms with Crippen molar-refractivity contribution in [1.82, 2.24) is 0 Å². The van der Waals surface area contributed by atoms with Gasteiger partial charge in [-0.2, -0.15) is 0 Å². The Morgan fingerprint density at radius 3 is 1.48 bits per heavy atom. The van der Waals surface area contributed by atoms with E-state index in [9.17, 15) is 10.2 Å². The third-order valence-electron chi connectivity index (χ3n) is 5.29. The predicted octanol–water partition coefficient (Wildman–Crippen LogP) is 5.48. The molecule has 33 heavy (non-hydrogen) atoms. The molecule has 2 N–H and O–H groups in total. The van der Waals surface area contributed by atoms with Gasteiger partial charge < -0.3 is 19.7 Å². The third kappa shape index (κ3) is 10.3. The van der Waals surface area contributed by atoms with Crippen molar-refractivity contribution >= 4 is 12.4 Å². The van der Waals surface area contributed by atoms with Crippen molar-refractivity contribution in [1.29, 1.82) is 0 Å². The monoisotopic (exact) mass is 498 g/mol. The second-order valence-corrected chi connectivity index (χ2v) is 8.16. The van der Waals surface area contributed by atoms with Gasteiger partial charge in [-0.15, -0.1) is 0 Å². The van der Waals surface area contributed by atoms with E-state index in [1.165, 1.54) is 0 Å². The molecule has 0 aliphatic rings. The summed E-state index contributed by atoms with van der Waals surface area (Å²) in [6.07, 6.45) is 5.36. The van der Waals surface area contributed by atoms with Gasteiger partial charge in [0.25, 0.3) is 0 Å². The summed E-state index contributed by atoms with van der Waals surface area (Å²) in [5.74, 6) is 2.53. The summed E-state index contributed by atoms with van der Waals surface area (Å²) in [5.41, 5.74) is 1.27. The number of benzene rings is 2. The molecule has 0 amide bonds. The molecule has 2 aromatic carbocycles. The Kier molecular flexibility index (Phi) is 13.2. The molecule has 2 atom stereocenters. The first kappa shape index (κ1) is 28.5. The average molecular weight is 499 g/mol. The van der Waals surface area contributed by atoms with Gasteiger partial charge in [-0.1, -0.05) is 40.5 Å². The summed E-state index contributed by atoms with van der Waals surface area (Å²) in [6, 6.07) is 10.5. The van der Waals surface area contributed by atoms with Crippen LogP contribution in [0, 0.1) is 11.8 Å². The van der Waals surface area contributed by atoms with Crippen LogP contribution in [0.5, 0.6) is 23.0 Å². The largest absolute Gasteiger partial charge is 0.507 e. The van der Waals surface area contributed by atoms with Crippen LogP contribution in [0.4, 0.5) is 0 Å². The van der Waals surface area contributed by atoms with Crippen molar-refractivity contribution in [3.8, 4) is 23.0 Å². The minimum atomic E-state index is 0. The molecule has 0 bridgehead atoms. The van der Waals surface area contributed by atoms with Gasteiger partial charge >= 0.3 is 0 Å². The second-order valence-electron chi connectivity index (χ2n) is 8.16. The molecule has 7 heteroatoms. The predicted molar refractivity (Wildman–Crippen MR) is 131 cm³/mol. The Morgan fingerprint density at radius 2 is 1.15 bits per heavy atom. The zero-order valence-electron chi connectivity index (χ0n) is 19.9. The number of rotatable bonds is 13. The zero-order chi connectivity index (χ0) is 23.3. The number of phenols is 2. The fourth-order valence-electron chi connectivity index (χ4n) is 2.60. The standard InChI is InChI=1S/C26H36N2O4.Ni/c1-5-19(3)17-31-23-9-7-21(25(29)13-23)15-27-11-12-28-16-22-8-10-24(14-26(22)30)32-18-20(4)6-2;/h7-10,13-16,19-20,29-30H,5-6,11-12,17-18H2,1-4H3;. The minimum Gasteiger partial charge on any atom is -0.507 e. The van der Waals surface area contributed by atoms with Gasteiger partial charge in [0.2, 0.25) is 0 Å². The van der Waals surface area contributed by atoms with E-state index in [0.717, 1.165) is 12.8 Å². The summed E-state index contributed by atoms with van der Waals surface area (Å²) < 4.78 is 11.4. The first-order chi connectivity index (χ1) is 15.4. The normalized spacial score (nSPS) is 13.1. The molecular formula is C26H36N2NiO4. The van der Waals surface area contributed by atoms with E-state index in [1.807, 2.05) is 12.1 Å². The number of aromatic hydroxyl groups is 2. The molecule has 0 radical (unpaired) electrons. The zero-order valence-corrected chi connectivity index (χ0v) is 20.9. The number of aliphatic imine (C=N–C) groups is 2. The van der Waals surface area contributed by atoms with E-state index in [0.29, 0.717) is 60.8 Å². The topological polar surface area (TPSA) is 83.6 Å². The molecule has 0 spiro atoms. The van der Waals surface area contributed by atoms with Crippen LogP contribution in [0.3, 0.4) is 0 Å². The maximum absolute atomic E-state index is 10.2. The molecule has 2 aromatic rings. The van der Waals surface area contributed by atoms with Gasteiger partial charge in [0.1, 0.15) is 23.0 Å². The number of hydrogen-bond donors (Lipinski definition) is 2. The Labute approximate surface area is 207 Å². The van der Waals surface area contributed by atoms with Crippen molar-refractivity contribution in [3.63, 3.8) is 0 Å². The quantitative estimate of drug-likeness (QED) is 0.217. The van der Waals surface area contributed by atoms with E-state index in [-0.39, 0.29) is 28.0 Å². The van der Waals surface area contributed by atoms with E-state index < -0.39 is 0 Å². The van der Waals surface area contributed by atoms with Crippen LogP contribution < -0.4 is 9.47 Å². The summed E-state index contributed by atoms with van der Waals surface area (Å²) in [4.78, 5) is 8.63. The molecule has 0 fully saturated rings. The van der Waals surface area contributed by atoms with Gasteiger partial charge in [0.15, 0.2) is 0 Å². The Bertz CT molecular complexity index is 828. The van der Waals surface area contributed by atoms with E-state index in [1.54, 1.807) is 36.7 Å². The van der Waals surface area contributed by atoms with Crippen LogP contribution in [0.1, 0.15) is 51.7 Å². The second kappa shape index (κ2) is 15.3. The molecule has 0 aliphatic carbocycles. The van der Waals surface area contributed by atoms with Crippen LogP contribution in [-0.4, -0.2) is 48.9 Å². The number of nitrogens with zero attached hydrogens (tertiary/aromatic N) is 2. The van der Waals surface area contributed by atoms with E-state index in [2.05, 4.69) is 37.7 Å². The van der Waals surface area contributed by atoms with Crippen LogP contribution >= 0.6 is 0 Å².